The monoisotopic (exact) mass is 361 g/mol. The molecule has 0 aromatic heterocycles. The average molecular weight is 361 g/mol. The average Bonchev–Trinajstić information content (AvgIpc) is 2.62. The molecule has 0 spiro atoms. The first-order chi connectivity index (χ1) is 12.4. The number of carbonyl (C=O) groups is 2. The summed E-state index contributed by atoms with van der Waals surface area (Å²) in [5.41, 5.74) is 0.572. The van der Waals surface area contributed by atoms with Gasteiger partial charge in [-0.1, -0.05) is 0 Å². The number of carboxylic acids is 1. The van der Waals surface area contributed by atoms with E-state index in [0.717, 1.165) is 0 Å². The van der Waals surface area contributed by atoms with Crippen molar-refractivity contribution in [3.05, 3.63) is 54.3 Å². The van der Waals surface area contributed by atoms with Gasteiger partial charge in [-0.2, -0.15) is 0 Å². The molecule has 0 heterocycles. The van der Waals surface area contributed by atoms with E-state index in [2.05, 4.69) is 5.32 Å². The summed E-state index contributed by atoms with van der Waals surface area (Å²) in [5.74, 6) is -0.587. The Bertz CT molecular complexity index is 731. The summed E-state index contributed by atoms with van der Waals surface area (Å²) in [7, 11) is 0. The van der Waals surface area contributed by atoms with Gasteiger partial charge in [0.1, 0.15) is 17.3 Å². The summed E-state index contributed by atoms with van der Waals surface area (Å²) < 4.78 is 23.7. The van der Waals surface area contributed by atoms with E-state index in [1.54, 1.807) is 31.2 Å². The van der Waals surface area contributed by atoms with E-state index in [0.29, 0.717) is 30.2 Å². The number of halogens is 1. The van der Waals surface area contributed by atoms with Crippen molar-refractivity contribution in [3.63, 3.8) is 0 Å². The lowest BCUT2D eigenvalue weighted by Gasteiger charge is -2.15. The molecular weight excluding hydrogens is 341 g/mol. The number of carbonyl (C=O) groups excluding carboxylic acids is 1. The molecule has 2 aromatic carbocycles. The summed E-state index contributed by atoms with van der Waals surface area (Å²) in [6, 6.07) is 12.1. The van der Waals surface area contributed by atoms with Crippen LogP contribution in [0, 0.1) is 5.82 Å². The van der Waals surface area contributed by atoms with Gasteiger partial charge in [-0.3, -0.25) is 9.59 Å². The van der Waals surface area contributed by atoms with Crippen molar-refractivity contribution in [1.29, 1.82) is 0 Å². The lowest BCUT2D eigenvalue weighted by Crippen LogP contribution is -2.30. The number of rotatable bonds is 9. The number of carboxylic acid groups (broad SMARTS) is 1. The minimum Gasteiger partial charge on any atom is -0.494 e. The molecule has 0 radical (unpaired) electrons. The van der Waals surface area contributed by atoms with Crippen LogP contribution in [0.2, 0.25) is 0 Å². The van der Waals surface area contributed by atoms with Gasteiger partial charge in [0.2, 0.25) is 0 Å². The summed E-state index contributed by atoms with van der Waals surface area (Å²) in [6.45, 7) is 1.90. The van der Waals surface area contributed by atoms with E-state index in [1.807, 2.05) is 0 Å². The van der Waals surface area contributed by atoms with Crippen molar-refractivity contribution in [2.75, 3.05) is 11.9 Å². The Morgan fingerprint density at radius 1 is 1.08 bits per heavy atom. The van der Waals surface area contributed by atoms with Crippen LogP contribution in [0.15, 0.2) is 48.5 Å². The molecule has 26 heavy (non-hydrogen) atoms. The van der Waals surface area contributed by atoms with Gasteiger partial charge in [-0.05, 0) is 61.9 Å². The van der Waals surface area contributed by atoms with Gasteiger partial charge in [0.05, 0.1) is 6.61 Å². The number of amides is 1. The predicted molar refractivity (Wildman–Crippen MR) is 93.9 cm³/mol. The standard InChI is InChI=1S/C19H20FNO5/c1-13(26-17-8-4-14(20)5-9-17)19(24)21-15-6-10-16(11-7-15)25-12-2-3-18(22)23/h4-11,13H,2-3,12H2,1H3,(H,21,24)(H,22,23). The predicted octanol–water partition coefficient (Wildman–Crippen LogP) is 3.48. The molecule has 1 atom stereocenters. The number of benzene rings is 2. The molecular formula is C19H20FNO5. The van der Waals surface area contributed by atoms with Crippen LogP contribution in [0.25, 0.3) is 0 Å². The first kappa shape index (κ1) is 19.2. The van der Waals surface area contributed by atoms with Crippen LogP contribution in [0.4, 0.5) is 10.1 Å². The van der Waals surface area contributed by atoms with Crippen LogP contribution >= 0.6 is 0 Å². The third-order valence-corrected chi connectivity index (χ3v) is 3.42. The van der Waals surface area contributed by atoms with Crippen molar-refractivity contribution in [2.45, 2.75) is 25.9 Å². The van der Waals surface area contributed by atoms with Crippen molar-refractivity contribution in [1.82, 2.24) is 0 Å². The summed E-state index contributed by atoms with van der Waals surface area (Å²) in [5, 5.41) is 11.3. The van der Waals surface area contributed by atoms with Gasteiger partial charge in [-0.15, -0.1) is 0 Å². The van der Waals surface area contributed by atoms with Crippen molar-refractivity contribution < 1.29 is 28.6 Å². The maximum absolute atomic E-state index is 12.9. The lowest BCUT2D eigenvalue weighted by atomic mass is 10.2. The highest BCUT2D eigenvalue weighted by Crippen LogP contribution is 2.17. The van der Waals surface area contributed by atoms with Gasteiger partial charge in [0.15, 0.2) is 6.10 Å². The fourth-order valence-corrected chi connectivity index (χ4v) is 2.06. The smallest absolute Gasteiger partial charge is 0.303 e. The van der Waals surface area contributed by atoms with E-state index in [9.17, 15) is 14.0 Å². The third kappa shape index (κ3) is 6.43. The Morgan fingerprint density at radius 2 is 1.69 bits per heavy atom. The Hall–Kier alpha value is -3.09. The molecule has 0 fully saturated rings. The molecule has 0 aliphatic heterocycles. The fourth-order valence-electron chi connectivity index (χ4n) is 2.06. The maximum Gasteiger partial charge on any atom is 0.303 e. The van der Waals surface area contributed by atoms with E-state index >= 15 is 0 Å². The summed E-state index contributed by atoms with van der Waals surface area (Å²) >= 11 is 0. The molecule has 1 amide bonds. The molecule has 0 aliphatic carbocycles. The fraction of sp³-hybridized carbons (Fsp3) is 0.263. The molecule has 138 valence electrons. The SMILES string of the molecule is CC(Oc1ccc(F)cc1)C(=O)Nc1ccc(OCCCC(=O)O)cc1. The van der Waals surface area contributed by atoms with Gasteiger partial charge in [0, 0.05) is 12.1 Å². The molecule has 0 aliphatic rings. The largest absolute Gasteiger partial charge is 0.494 e. The Morgan fingerprint density at radius 3 is 2.31 bits per heavy atom. The van der Waals surface area contributed by atoms with E-state index < -0.39 is 12.1 Å². The van der Waals surface area contributed by atoms with Gasteiger partial charge < -0.3 is 19.9 Å². The number of hydrogen-bond donors (Lipinski definition) is 2. The Kier molecular flexibility index (Phi) is 6.96. The second-order valence-corrected chi connectivity index (χ2v) is 5.57. The third-order valence-electron chi connectivity index (χ3n) is 3.42. The zero-order valence-electron chi connectivity index (χ0n) is 14.3. The molecule has 0 saturated carbocycles. The maximum atomic E-state index is 12.9. The second kappa shape index (κ2) is 9.41. The van der Waals surface area contributed by atoms with Gasteiger partial charge in [-0.25, -0.2) is 4.39 Å². The molecule has 0 bridgehead atoms. The van der Waals surface area contributed by atoms with Crippen LogP contribution in [0.3, 0.4) is 0 Å². The molecule has 7 heteroatoms. The minimum absolute atomic E-state index is 0.0556. The first-order valence-electron chi connectivity index (χ1n) is 8.12. The highest BCUT2D eigenvalue weighted by molar-refractivity contribution is 5.94. The van der Waals surface area contributed by atoms with Crippen LogP contribution in [-0.4, -0.2) is 29.7 Å². The van der Waals surface area contributed by atoms with E-state index in [4.69, 9.17) is 14.6 Å². The Labute approximate surface area is 150 Å². The molecule has 2 aromatic rings. The first-order valence-corrected chi connectivity index (χ1v) is 8.12. The van der Waals surface area contributed by atoms with Crippen LogP contribution in [0.1, 0.15) is 19.8 Å². The van der Waals surface area contributed by atoms with Gasteiger partial charge >= 0.3 is 5.97 Å². The van der Waals surface area contributed by atoms with E-state index in [-0.39, 0.29) is 18.1 Å². The van der Waals surface area contributed by atoms with Crippen molar-refractivity contribution in [2.24, 2.45) is 0 Å². The number of ether oxygens (including phenoxy) is 2. The highest BCUT2D eigenvalue weighted by atomic mass is 19.1. The second-order valence-electron chi connectivity index (χ2n) is 5.57. The van der Waals surface area contributed by atoms with E-state index in [1.165, 1.54) is 24.3 Å². The van der Waals surface area contributed by atoms with Crippen molar-refractivity contribution >= 4 is 17.6 Å². The lowest BCUT2D eigenvalue weighted by molar-refractivity contribution is -0.137. The summed E-state index contributed by atoms with van der Waals surface area (Å²) in [6.07, 6.45) is -0.279. The Balaban J connectivity index is 1.80. The quantitative estimate of drug-likeness (QED) is 0.668. The van der Waals surface area contributed by atoms with Gasteiger partial charge in [0.25, 0.3) is 5.91 Å². The molecule has 2 rings (SSSR count). The summed E-state index contributed by atoms with van der Waals surface area (Å²) in [4.78, 5) is 22.6. The number of anilines is 1. The number of nitrogens with one attached hydrogen (secondary N) is 1. The van der Waals surface area contributed by atoms with Crippen molar-refractivity contribution in [3.8, 4) is 11.5 Å². The molecule has 6 nitrogen and oxygen atoms in total. The zero-order chi connectivity index (χ0) is 18.9. The van der Waals surface area contributed by atoms with Crippen LogP contribution in [0.5, 0.6) is 11.5 Å². The number of hydrogen-bond acceptors (Lipinski definition) is 4. The normalized spacial score (nSPS) is 11.5. The van der Waals surface area contributed by atoms with Crippen LogP contribution < -0.4 is 14.8 Å². The highest BCUT2D eigenvalue weighted by Gasteiger charge is 2.15. The molecule has 2 N–H and O–H groups in total. The van der Waals surface area contributed by atoms with Crippen LogP contribution in [-0.2, 0) is 9.59 Å². The zero-order valence-corrected chi connectivity index (χ0v) is 14.3. The molecule has 1 unspecified atom stereocenters. The minimum atomic E-state index is -0.858. The molecule has 0 saturated heterocycles. The number of aliphatic carboxylic acids is 1. The topological polar surface area (TPSA) is 84.9 Å².